The second kappa shape index (κ2) is 6.11. The minimum atomic E-state index is -4.88. The van der Waals surface area contributed by atoms with E-state index in [2.05, 4.69) is 0 Å². The first kappa shape index (κ1) is 16.9. The van der Waals surface area contributed by atoms with Gasteiger partial charge in [-0.05, 0) is 18.2 Å². The van der Waals surface area contributed by atoms with Crippen LogP contribution in [0.1, 0.15) is 18.1 Å². The molecule has 1 rings (SSSR count). The lowest BCUT2D eigenvalue weighted by molar-refractivity contribution is -0.143. The number of ether oxygens (including phenoxy) is 1. The third-order valence-electron chi connectivity index (χ3n) is 2.36. The lowest BCUT2D eigenvalue weighted by Crippen LogP contribution is -2.13. The van der Waals surface area contributed by atoms with Crippen molar-refractivity contribution in [2.24, 2.45) is 5.92 Å². The van der Waals surface area contributed by atoms with E-state index in [1.807, 2.05) is 0 Å². The molecule has 0 N–H and O–H groups in total. The van der Waals surface area contributed by atoms with Gasteiger partial charge in [0.15, 0.2) is 0 Å². The minimum Gasteiger partial charge on any atom is -0.493 e. The summed E-state index contributed by atoms with van der Waals surface area (Å²) in [4.78, 5) is 0. The van der Waals surface area contributed by atoms with Gasteiger partial charge >= 0.3 is 12.4 Å². The van der Waals surface area contributed by atoms with Crippen LogP contribution in [0.5, 0.6) is 5.75 Å². The second-order valence-electron chi connectivity index (χ2n) is 4.31. The molecule has 1 aromatic rings. The zero-order valence-electron chi connectivity index (χ0n) is 10.3. The van der Waals surface area contributed by atoms with Crippen LogP contribution in [0.25, 0.3) is 0 Å². The smallest absolute Gasteiger partial charge is 0.416 e. The predicted octanol–water partition coefficient (Wildman–Crippen LogP) is 4.98. The van der Waals surface area contributed by atoms with Crippen molar-refractivity contribution in [3.05, 3.63) is 29.3 Å². The Labute approximate surface area is 116 Å². The predicted molar refractivity (Wildman–Crippen MR) is 61.8 cm³/mol. The second-order valence-corrected chi connectivity index (χ2v) is 4.62. The van der Waals surface area contributed by atoms with Crippen LogP contribution in [0, 0.1) is 5.92 Å². The van der Waals surface area contributed by atoms with Crippen molar-refractivity contribution >= 4 is 11.6 Å². The minimum absolute atomic E-state index is 0.0534. The summed E-state index contributed by atoms with van der Waals surface area (Å²) in [7, 11) is 0. The van der Waals surface area contributed by atoms with Gasteiger partial charge in [-0.1, -0.05) is 6.92 Å². The van der Waals surface area contributed by atoms with Crippen molar-refractivity contribution < 1.29 is 31.1 Å². The molecule has 0 saturated heterocycles. The Morgan fingerprint density at radius 1 is 1.00 bits per heavy atom. The molecule has 0 aliphatic heterocycles. The fourth-order valence-corrected chi connectivity index (χ4v) is 1.38. The van der Waals surface area contributed by atoms with Gasteiger partial charge in [0.05, 0.1) is 17.7 Å². The quantitative estimate of drug-likeness (QED) is 0.561. The first-order chi connectivity index (χ1) is 9.04. The highest BCUT2D eigenvalue weighted by Gasteiger charge is 2.37. The maximum absolute atomic E-state index is 12.6. The van der Waals surface area contributed by atoms with Crippen molar-refractivity contribution in [1.29, 1.82) is 0 Å². The Morgan fingerprint density at radius 3 is 1.80 bits per heavy atom. The van der Waals surface area contributed by atoms with Gasteiger partial charge < -0.3 is 4.74 Å². The van der Waals surface area contributed by atoms with Crippen LogP contribution in [0.15, 0.2) is 18.2 Å². The summed E-state index contributed by atoms with van der Waals surface area (Å²) in [5.41, 5.74) is -2.80. The molecule has 114 valence electrons. The highest BCUT2D eigenvalue weighted by Crippen LogP contribution is 2.38. The molecule has 1 nitrogen and oxygen atoms in total. The maximum atomic E-state index is 12.6. The van der Waals surface area contributed by atoms with E-state index in [9.17, 15) is 26.3 Å². The summed E-state index contributed by atoms with van der Waals surface area (Å²) in [5.74, 6) is -0.491. The molecule has 1 unspecified atom stereocenters. The molecule has 0 saturated carbocycles. The number of alkyl halides is 7. The third kappa shape index (κ3) is 4.77. The highest BCUT2D eigenvalue weighted by atomic mass is 35.5. The van der Waals surface area contributed by atoms with E-state index in [4.69, 9.17) is 16.3 Å². The van der Waals surface area contributed by atoms with Gasteiger partial charge in [-0.3, -0.25) is 0 Å². The Bertz CT molecular complexity index is 422. The molecule has 0 amide bonds. The van der Waals surface area contributed by atoms with Gasteiger partial charge in [0.1, 0.15) is 5.75 Å². The Kier molecular flexibility index (Phi) is 5.18. The Morgan fingerprint density at radius 2 is 1.45 bits per heavy atom. The fraction of sp³-hybridized carbons (Fsp3) is 0.500. The first-order valence-corrected chi connectivity index (χ1v) is 6.05. The van der Waals surface area contributed by atoms with Gasteiger partial charge in [-0.15, -0.1) is 11.6 Å². The van der Waals surface area contributed by atoms with Gasteiger partial charge in [-0.2, -0.15) is 26.3 Å². The van der Waals surface area contributed by atoms with Crippen molar-refractivity contribution in [3.63, 3.8) is 0 Å². The summed E-state index contributed by atoms with van der Waals surface area (Å²) < 4.78 is 80.3. The number of rotatable bonds is 4. The van der Waals surface area contributed by atoms with Gasteiger partial charge in [0.2, 0.25) is 0 Å². The average molecular weight is 321 g/mol. The zero-order valence-corrected chi connectivity index (χ0v) is 11.0. The molecule has 20 heavy (non-hydrogen) atoms. The largest absolute Gasteiger partial charge is 0.493 e. The van der Waals surface area contributed by atoms with Crippen molar-refractivity contribution in [2.45, 2.75) is 19.3 Å². The lowest BCUT2D eigenvalue weighted by atomic mass is 10.1. The molecule has 0 aliphatic rings. The van der Waals surface area contributed by atoms with Crippen LogP contribution >= 0.6 is 11.6 Å². The molecule has 0 radical (unpaired) electrons. The van der Waals surface area contributed by atoms with E-state index < -0.39 is 29.2 Å². The summed E-state index contributed by atoms with van der Waals surface area (Å²) >= 11 is 5.49. The molecule has 1 aromatic carbocycles. The van der Waals surface area contributed by atoms with Crippen LogP contribution in [-0.2, 0) is 12.4 Å². The van der Waals surface area contributed by atoms with E-state index in [1.54, 1.807) is 6.92 Å². The van der Waals surface area contributed by atoms with Crippen LogP contribution < -0.4 is 4.74 Å². The molecule has 0 heterocycles. The number of hydrogen-bond acceptors (Lipinski definition) is 1. The topological polar surface area (TPSA) is 9.23 Å². The van der Waals surface area contributed by atoms with Gasteiger partial charge in [-0.25, -0.2) is 0 Å². The van der Waals surface area contributed by atoms with Crippen molar-refractivity contribution in [2.75, 3.05) is 12.5 Å². The SMILES string of the molecule is CC(CCl)COc1cc(C(F)(F)F)cc(C(F)(F)F)c1. The monoisotopic (exact) mass is 320 g/mol. The zero-order chi connectivity index (χ0) is 15.6. The standard InChI is InChI=1S/C12H11ClF6O/c1-7(5-13)6-20-10-3-8(11(14,15)16)2-9(4-10)12(17,18)19/h2-4,7H,5-6H2,1H3. The molecular formula is C12H11ClF6O. The summed E-state index contributed by atoms with van der Waals surface area (Å²) in [5, 5.41) is 0. The molecule has 0 spiro atoms. The fourth-order valence-electron chi connectivity index (χ4n) is 1.29. The number of benzene rings is 1. The average Bonchev–Trinajstić information content (AvgIpc) is 2.33. The summed E-state index contributed by atoms with van der Waals surface area (Å²) in [6.07, 6.45) is -9.76. The molecule has 0 bridgehead atoms. The molecule has 0 fully saturated rings. The van der Waals surface area contributed by atoms with Crippen molar-refractivity contribution in [3.8, 4) is 5.75 Å². The Hall–Kier alpha value is -1.11. The highest BCUT2D eigenvalue weighted by molar-refractivity contribution is 6.18. The summed E-state index contributed by atoms with van der Waals surface area (Å²) in [6.45, 7) is 1.59. The molecule has 0 aromatic heterocycles. The molecule has 8 heteroatoms. The normalized spacial score (nSPS) is 14.2. The first-order valence-electron chi connectivity index (χ1n) is 5.52. The van der Waals surface area contributed by atoms with E-state index in [0.29, 0.717) is 12.1 Å². The van der Waals surface area contributed by atoms with Gasteiger partial charge in [0, 0.05) is 11.8 Å². The lowest BCUT2D eigenvalue weighted by Gasteiger charge is -2.16. The van der Waals surface area contributed by atoms with Crippen LogP contribution in [0.4, 0.5) is 26.3 Å². The van der Waals surface area contributed by atoms with E-state index in [-0.39, 0.29) is 24.5 Å². The van der Waals surface area contributed by atoms with Crippen molar-refractivity contribution in [1.82, 2.24) is 0 Å². The number of hydrogen-bond donors (Lipinski definition) is 0. The van der Waals surface area contributed by atoms with Gasteiger partial charge in [0.25, 0.3) is 0 Å². The van der Waals surface area contributed by atoms with E-state index in [1.165, 1.54) is 0 Å². The van der Waals surface area contributed by atoms with Crippen LogP contribution in [0.3, 0.4) is 0 Å². The maximum Gasteiger partial charge on any atom is 0.416 e. The summed E-state index contributed by atoms with van der Waals surface area (Å²) in [6, 6.07) is 1.13. The Balaban J connectivity index is 3.11. The molecule has 1 atom stereocenters. The van der Waals surface area contributed by atoms with Crippen LogP contribution in [0.2, 0.25) is 0 Å². The third-order valence-corrected chi connectivity index (χ3v) is 2.89. The molecular weight excluding hydrogens is 310 g/mol. The number of halogens is 7. The van der Waals surface area contributed by atoms with E-state index >= 15 is 0 Å². The van der Waals surface area contributed by atoms with Crippen LogP contribution in [-0.4, -0.2) is 12.5 Å². The molecule has 0 aliphatic carbocycles. The van der Waals surface area contributed by atoms with E-state index in [0.717, 1.165) is 0 Å².